The summed E-state index contributed by atoms with van der Waals surface area (Å²) in [6, 6.07) is 25.1. The van der Waals surface area contributed by atoms with Crippen molar-refractivity contribution in [2.24, 2.45) is 5.41 Å². The predicted molar refractivity (Wildman–Crippen MR) is 274 cm³/mol. The number of anilines is 2. The lowest BCUT2D eigenvalue weighted by Gasteiger charge is -2.43. The second kappa shape index (κ2) is 17.7. The van der Waals surface area contributed by atoms with Crippen LogP contribution in [0.15, 0.2) is 227 Å². The van der Waals surface area contributed by atoms with Crippen LogP contribution in [-0.2, 0) is 5.41 Å². The van der Waals surface area contributed by atoms with Gasteiger partial charge < -0.3 is 4.90 Å². The van der Waals surface area contributed by atoms with Crippen LogP contribution in [0.25, 0.3) is 16.7 Å². The monoisotopic (exact) mass is 842 g/mol. The van der Waals surface area contributed by atoms with Crippen LogP contribution in [0, 0.1) is 5.41 Å². The Hall–Kier alpha value is -6.25. The summed E-state index contributed by atoms with van der Waals surface area (Å²) in [5.74, 6) is 0. The van der Waals surface area contributed by atoms with Crippen molar-refractivity contribution in [3.05, 3.63) is 243 Å². The molecule has 2 unspecified atom stereocenters. The molecule has 1 nitrogen and oxygen atoms in total. The number of halogens is 1. The fourth-order valence-electron chi connectivity index (χ4n) is 11.3. The predicted octanol–water partition coefficient (Wildman–Crippen LogP) is 17.5. The number of benzene rings is 3. The molecule has 0 heterocycles. The molecule has 0 radical (unpaired) electrons. The van der Waals surface area contributed by atoms with Crippen molar-refractivity contribution in [1.82, 2.24) is 0 Å². The molecule has 5 aliphatic carbocycles. The van der Waals surface area contributed by atoms with E-state index < -0.39 is 5.41 Å². The maximum atomic E-state index is 14.8. The quantitative estimate of drug-likeness (QED) is 0.155. The molecule has 8 rings (SSSR count). The summed E-state index contributed by atoms with van der Waals surface area (Å²) in [6.45, 7) is 24.4. The summed E-state index contributed by atoms with van der Waals surface area (Å²) in [5, 5.41) is 0. The highest BCUT2D eigenvalue weighted by Crippen LogP contribution is 2.67. The fraction of sp³-hybridized carbons (Fsp3) is 0.258. The molecule has 5 aliphatic rings. The zero-order chi connectivity index (χ0) is 45.4. The normalized spacial score (nSPS) is 22.8. The third-order valence-electron chi connectivity index (χ3n) is 14.4. The third-order valence-corrected chi connectivity index (χ3v) is 14.4. The molecule has 3 aromatic rings. The van der Waals surface area contributed by atoms with E-state index >= 15 is 0 Å². The second-order valence-electron chi connectivity index (χ2n) is 18.4. The Morgan fingerprint density at radius 1 is 0.812 bits per heavy atom. The zero-order valence-electron chi connectivity index (χ0n) is 39.4. The van der Waals surface area contributed by atoms with Crippen LogP contribution < -0.4 is 4.90 Å². The van der Waals surface area contributed by atoms with Gasteiger partial charge in [-0.05, 0) is 180 Å². The largest absolute Gasteiger partial charge is 0.332 e. The Labute approximate surface area is 383 Å². The highest BCUT2D eigenvalue weighted by Gasteiger charge is 2.54. The SMILES string of the molecule is C=C/C=C(\C1=C(C)C(C)=C(/C=C\CC)C12C(/C=C\F)=C(/C=C\C)C1=C2CC=C1)c1ccc(N(c2ccc3c(c2)C(C)(C)c2ccccc2-3)C2(C)C=CC(C(/C=C\CC)=C/C)=CC2)cc1. The van der Waals surface area contributed by atoms with Gasteiger partial charge in [-0.25, -0.2) is 4.39 Å². The Bertz CT molecular complexity index is 2820. The van der Waals surface area contributed by atoms with E-state index in [-0.39, 0.29) is 11.0 Å². The van der Waals surface area contributed by atoms with Gasteiger partial charge in [0.25, 0.3) is 0 Å². The van der Waals surface area contributed by atoms with E-state index in [9.17, 15) is 4.39 Å². The van der Waals surface area contributed by atoms with Crippen molar-refractivity contribution in [2.75, 3.05) is 4.90 Å². The Kier molecular flexibility index (Phi) is 12.3. The Balaban J connectivity index is 1.28. The molecule has 1 spiro atoms. The van der Waals surface area contributed by atoms with Crippen LogP contribution in [0.5, 0.6) is 0 Å². The van der Waals surface area contributed by atoms with Gasteiger partial charge in [0.2, 0.25) is 0 Å². The van der Waals surface area contributed by atoms with E-state index in [4.69, 9.17) is 0 Å². The number of rotatable bonds is 13. The van der Waals surface area contributed by atoms with Crippen LogP contribution in [0.2, 0.25) is 0 Å². The molecule has 3 aromatic carbocycles. The topological polar surface area (TPSA) is 3.24 Å². The van der Waals surface area contributed by atoms with Gasteiger partial charge in [-0.2, -0.15) is 0 Å². The summed E-state index contributed by atoms with van der Waals surface area (Å²) < 4.78 is 14.8. The summed E-state index contributed by atoms with van der Waals surface area (Å²) in [5.41, 5.74) is 20.7. The van der Waals surface area contributed by atoms with Gasteiger partial charge in [0.15, 0.2) is 0 Å². The molecule has 0 aliphatic heterocycles. The van der Waals surface area contributed by atoms with E-state index in [0.29, 0.717) is 0 Å². The highest BCUT2D eigenvalue weighted by atomic mass is 19.1. The Morgan fingerprint density at radius 2 is 1.55 bits per heavy atom. The van der Waals surface area contributed by atoms with Crippen LogP contribution in [0.1, 0.15) is 105 Å². The van der Waals surface area contributed by atoms with Gasteiger partial charge in [0, 0.05) is 16.8 Å². The Morgan fingerprint density at radius 3 is 2.22 bits per heavy atom. The van der Waals surface area contributed by atoms with Crippen molar-refractivity contribution in [3.8, 4) is 11.1 Å². The maximum absolute atomic E-state index is 14.8. The van der Waals surface area contributed by atoms with Crippen molar-refractivity contribution in [2.45, 2.75) is 99.0 Å². The molecule has 2 heteroatoms. The zero-order valence-corrected chi connectivity index (χ0v) is 39.4. The van der Waals surface area contributed by atoms with Gasteiger partial charge >= 0.3 is 0 Å². The lowest BCUT2D eigenvalue weighted by molar-refractivity contribution is 0.567. The minimum atomic E-state index is -0.660. The number of fused-ring (bicyclic) bond motifs is 4. The minimum Gasteiger partial charge on any atom is -0.332 e. The average molecular weight is 842 g/mol. The van der Waals surface area contributed by atoms with E-state index in [1.54, 1.807) is 6.08 Å². The smallest absolute Gasteiger partial charge is 0.0870 e. The average Bonchev–Trinajstić information content (AvgIpc) is 4.00. The van der Waals surface area contributed by atoms with Crippen LogP contribution >= 0.6 is 0 Å². The number of nitrogens with zero attached hydrogens (tertiary/aromatic N) is 1. The van der Waals surface area contributed by atoms with E-state index in [2.05, 4.69) is 213 Å². The molecule has 0 bridgehead atoms. The molecule has 0 amide bonds. The highest BCUT2D eigenvalue weighted by molar-refractivity contribution is 5.93. The molecule has 64 heavy (non-hydrogen) atoms. The van der Waals surface area contributed by atoms with Crippen molar-refractivity contribution in [3.63, 3.8) is 0 Å². The number of allylic oxidation sites excluding steroid dienone is 24. The standard InChI is InChI=1S/C62H64FN/c1-11-16-23-44(15-5)45-35-38-61(10,39-36-45)64(48-33-34-53-51-24-18-19-27-55(51)60(8,9)58(53)41-48)47-31-29-46(30-32-47)49(21-13-3)59-43(7)42(6)54(26-17-12-2)62(59)56-28-20-25-52(56)50(22-14-4)57(62)37-40-63/h13-27,29-38,40-41H,3,11-12,28,39H2,1-2,4-10H3/b22-14-,23-16-,26-17-,40-37-,44-15+,49-21-. The molecule has 0 N–H and O–H groups in total. The number of hydrogen-bond donors (Lipinski definition) is 0. The van der Waals surface area contributed by atoms with Crippen LogP contribution in [0.4, 0.5) is 15.8 Å². The molecule has 2 atom stereocenters. The first kappa shape index (κ1) is 44.4. The summed E-state index contributed by atoms with van der Waals surface area (Å²) >= 11 is 0. The molecule has 0 aromatic heterocycles. The van der Waals surface area contributed by atoms with Crippen LogP contribution in [-0.4, -0.2) is 5.54 Å². The van der Waals surface area contributed by atoms with Crippen molar-refractivity contribution < 1.29 is 4.39 Å². The first-order valence-corrected chi connectivity index (χ1v) is 23.3. The first-order chi connectivity index (χ1) is 31.0. The van der Waals surface area contributed by atoms with Crippen LogP contribution in [0.3, 0.4) is 0 Å². The van der Waals surface area contributed by atoms with E-state index in [1.807, 2.05) is 13.0 Å². The van der Waals surface area contributed by atoms with E-state index in [0.717, 1.165) is 60.0 Å². The van der Waals surface area contributed by atoms with Gasteiger partial charge in [-0.3, -0.25) is 0 Å². The van der Waals surface area contributed by atoms with Gasteiger partial charge in [0.05, 0.1) is 17.3 Å². The maximum Gasteiger partial charge on any atom is 0.0870 e. The van der Waals surface area contributed by atoms with Crippen molar-refractivity contribution >= 4 is 16.9 Å². The van der Waals surface area contributed by atoms with Crippen molar-refractivity contribution in [1.29, 1.82) is 0 Å². The van der Waals surface area contributed by atoms with Gasteiger partial charge in [-0.1, -0.05) is 162 Å². The van der Waals surface area contributed by atoms with Gasteiger partial charge in [0.1, 0.15) is 0 Å². The minimum absolute atomic E-state index is 0.132. The summed E-state index contributed by atoms with van der Waals surface area (Å²) in [7, 11) is 0. The fourth-order valence-corrected chi connectivity index (χ4v) is 11.3. The van der Waals surface area contributed by atoms with E-state index in [1.165, 1.54) is 72.5 Å². The number of hydrogen-bond acceptors (Lipinski definition) is 1. The second-order valence-corrected chi connectivity index (χ2v) is 18.4. The molecule has 0 fully saturated rings. The molecular weight excluding hydrogens is 778 g/mol. The van der Waals surface area contributed by atoms with Gasteiger partial charge in [-0.15, -0.1) is 0 Å². The molecule has 0 saturated heterocycles. The summed E-state index contributed by atoms with van der Waals surface area (Å²) in [6.07, 6.45) is 37.2. The summed E-state index contributed by atoms with van der Waals surface area (Å²) in [4.78, 5) is 2.55. The third kappa shape index (κ3) is 6.98. The first-order valence-electron chi connectivity index (χ1n) is 23.3. The molecular formula is C62H64FN. The molecule has 0 saturated carbocycles. The molecule has 324 valence electrons. The lowest BCUT2D eigenvalue weighted by atomic mass is 9.63. The lowest BCUT2D eigenvalue weighted by Crippen LogP contribution is -2.42.